The molecule has 1 saturated heterocycles. The molecule has 2 aromatic carbocycles. The molecule has 1 fully saturated rings. The van der Waals surface area contributed by atoms with E-state index in [2.05, 4.69) is 5.32 Å². The summed E-state index contributed by atoms with van der Waals surface area (Å²) in [6, 6.07) is 10.5. The summed E-state index contributed by atoms with van der Waals surface area (Å²) in [6.07, 6.45) is 2.35. The maximum Gasteiger partial charge on any atom is 0.243 e. The van der Waals surface area contributed by atoms with Crippen LogP contribution in [0.4, 0.5) is 15.8 Å². The third-order valence-electron chi connectivity index (χ3n) is 6.12. The number of hydrogen-bond acceptors (Lipinski definition) is 4. The number of amides is 2. The Morgan fingerprint density at radius 2 is 1.72 bits per heavy atom. The molecule has 4 rings (SSSR count). The highest BCUT2D eigenvalue weighted by Crippen LogP contribution is 2.32. The zero-order valence-electron chi connectivity index (χ0n) is 17.9. The third-order valence-corrected chi connectivity index (χ3v) is 8.02. The number of hydrogen-bond donors (Lipinski definition) is 1. The van der Waals surface area contributed by atoms with Gasteiger partial charge in [0, 0.05) is 43.9 Å². The molecule has 170 valence electrons. The lowest BCUT2D eigenvalue weighted by Crippen LogP contribution is -2.41. The molecule has 2 aliphatic rings. The van der Waals surface area contributed by atoms with Crippen molar-refractivity contribution in [2.24, 2.45) is 5.92 Å². The van der Waals surface area contributed by atoms with Crippen LogP contribution >= 0.6 is 0 Å². The van der Waals surface area contributed by atoms with Crippen molar-refractivity contribution in [1.82, 2.24) is 4.31 Å². The number of fused-ring (bicyclic) bond motifs is 1. The van der Waals surface area contributed by atoms with E-state index in [-0.39, 0.29) is 41.5 Å². The summed E-state index contributed by atoms with van der Waals surface area (Å²) >= 11 is 0. The second kappa shape index (κ2) is 8.99. The quantitative estimate of drug-likeness (QED) is 0.761. The molecule has 32 heavy (non-hydrogen) atoms. The summed E-state index contributed by atoms with van der Waals surface area (Å²) in [6.45, 7) is 2.65. The smallest absolute Gasteiger partial charge is 0.243 e. The molecule has 0 saturated carbocycles. The highest BCUT2D eigenvalue weighted by atomic mass is 32.2. The van der Waals surface area contributed by atoms with Crippen LogP contribution in [0.25, 0.3) is 0 Å². The van der Waals surface area contributed by atoms with E-state index in [9.17, 15) is 22.4 Å². The molecular weight excluding hydrogens is 433 g/mol. The summed E-state index contributed by atoms with van der Waals surface area (Å²) in [7, 11) is -3.69. The molecule has 1 N–H and O–H groups in total. The van der Waals surface area contributed by atoms with Crippen LogP contribution in [0.15, 0.2) is 47.4 Å². The van der Waals surface area contributed by atoms with Crippen molar-refractivity contribution in [1.29, 1.82) is 0 Å². The van der Waals surface area contributed by atoms with Crippen LogP contribution in [0, 0.1) is 11.7 Å². The van der Waals surface area contributed by atoms with Gasteiger partial charge in [0.25, 0.3) is 0 Å². The minimum atomic E-state index is -3.69. The number of carbonyl (C=O) groups is 2. The summed E-state index contributed by atoms with van der Waals surface area (Å²) in [5.74, 6) is -0.925. The Bertz CT molecular complexity index is 1130. The van der Waals surface area contributed by atoms with Crippen molar-refractivity contribution >= 4 is 33.2 Å². The molecule has 2 amide bonds. The van der Waals surface area contributed by atoms with E-state index in [1.165, 1.54) is 35.5 Å². The van der Waals surface area contributed by atoms with Gasteiger partial charge < -0.3 is 10.2 Å². The van der Waals surface area contributed by atoms with Gasteiger partial charge in [0.15, 0.2) is 0 Å². The first kappa shape index (κ1) is 22.4. The van der Waals surface area contributed by atoms with Crippen LogP contribution in [-0.4, -0.2) is 44.2 Å². The van der Waals surface area contributed by atoms with Gasteiger partial charge in [-0.25, -0.2) is 12.8 Å². The summed E-state index contributed by atoms with van der Waals surface area (Å²) in [5.41, 5.74) is 2.15. The average Bonchev–Trinajstić information content (AvgIpc) is 2.79. The van der Waals surface area contributed by atoms with Gasteiger partial charge in [-0.2, -0.15) is 4.31 Å². The molecule has 7 nitrogen and oxygen atoms in total. The topological polar surface area (TPSA) is 86.8 Å². The molecule has 2 heterocycles. The van der Waals surface area contributed by atoms with Gasteiger partial charge in [0.05, 0.1) is 4.90 Å². The maximum absolute atomic E-state index is 13.2. The summed E-state index contributed by atoms with van der Waals surface area (Å²) < 4.78 is 40.8. The monoisotopic (exact) mass is 459 g/mol. The molecule has 0 spiro atoms. The van der Waals surface area contributed by atoms with Crippen LogP contribution in [0.3, 0.4) is 0 Å². The number of halogens is 1. The molecule has 0 radical (unpaired) electrons. The van der Waals surface area contributed by atoms with Crippen LogP contribution in [0.2, 0.25) is 0 Å². The lowest BCUT2D eigenvalue weighted by atomic mass is 9.97. The zero-order chi connectivity index (χ0) is 22.9. The first-order valence-electron chi connectivity index (χ1n) is 10.7. The molecule has 2 aliphatic heterocycles. The van der Waals surface area contributed by atoms with Gasteiger partial charge in [-0.3, -0.25) is 9.59 Å². The number of nitrogens with one attached hydrogen (secondary N) is 1. The van der Waals surface area contributed by atoms with Crippen molar-refractivity contribution in [3.63, 3.8) is 0 Å². The minimum absolute atomic E-state index is 0.0532. The zero-order valence-corrected chi connectivity index (χ0v) is 18.7. The van der Waals surface area contributed by atoms with E-state index >= 15 is 0 Å². The Kier molecular flexibility index (Phi) is 6.30. The van der Waals surface area contributed by atoms with E-state index in [4.69, 9.17) is 0 Å². The molecule has 9 heteroatoms. The highest BCUT2D eigenvalue weighted by molar-refractivity contribution is 7.89. The second-order valence-corrected chi connectivity index (χ2v) is 10.2. The number of carbonyl (C=O) groups excluding carboxylic acids is 2. The second-order valence-electron chi connectivity index (χ2n) is 8.24. The Hall–Kier alpha value is -2.78. The number of nitrogens with zero attached hydrogens (tertiary/aromatic N) is 2. The molecule has 0 aliphatic carbocycles. The van der Waals surface area contributed by atoms with Crippen LogP contribution in [-0.2, 0) is 26.0 Å². The van der Waals surface area contributed by atoms with Crippen molar-refractivity contribution in [2.45, 2.75) is 37.5 Å². The predicted octanol–water partition coefficient (Wildman–Crippen LogP) is 3.16. The fraction of sp³-hybridized carbons (Fsp3) is 0.391. The lowest BCUT2D eigenvalue weighted by Gasteiger charge is -2.32. The lowest BCUT2D eigenvalue weighted by molar-refractivity contribution is -0.121. The summed E-state index contributed by atoms with van der Waals surface area (Å²) in [5, 5.41) is 2.77. The fourth-order valence-electron chi connectivity index (χ4n) is 4.35. The van der Waals surface area contributed by atoms with E-state index in [1.807, 2.05) is 0 Å². The largest absolute Gasteiger partial charge is 0.326 e. The number of sulfonamides is 1. The van der Waals surface area contributed by atoms with Gasteiger partial charge in [0.1, 0.15) is 5.82 Å². The Balaban J connectivity index is 1.42. The third kappa shape index (κ3) is 4.54. The van der Waals surface area contributed by atoms with E-state index in [0.717, 1.165) is 24.1 Å². The Morgan fingerprint density at radius 1 is 1.03 bits per heavy atom. The number of anilines is 2. The first-order valence-corrected chi connectivity index (χ1v) is 12.2. The number of rotatable bonds is 4. The van der Waals surface area contributed by atoms with Crippen molar-refractivity contribution in [3.05, 3.63) is 53.8 Å². The Morgan fingerprint density at radius 3 is 2.38 bits per heavy atom. The van der Waals surface area contributed by atoms with Crippen molar-refractivity contribution in [3.8, 4) is 0 Å². The van der Waals surface area contributed by atoms with Gasteiger partial charge in [0.2, 0.25) is 21.8 Å². The van der Waals surface area contributed by atoms with Crippen molar-refractivity contribution in [2.75, 3.05) is 29.9 Å². The highest BCUT2D eigenvalue weighted by Gasteiger charge is 2.33. The van der Waals surface area contributed by atoms with E-state index in [0.29, 0.717) is 25.1 Å². The molecule has 0 bridgehead atoms. The standard InChI is InChI=1S/C23H26FN3O4S/c1-16(28)27-12-2-3-18-15-21(8-9-22(18)27)32(30,31)26-13-10-17(11-14-26)23(29)25-20-6-4-19(24)5-7-20/h4-9,15,17H,2-3,10-14H2,1H3,(H,25,29). The number of piperidine rings is 1. The molecule has 0 unspecified atom stereocenters. The van der Waals surface area contributed by atoms with Crippen LogP contribution in [0.5, 0.6) is 0 Å². The first-order chi connectivity index (χ1) is 15.3. The van der Waals surface area contributed by atoms with Crippen LogP contribution in [0.1, 0.15) is 31.7 Å². The minimum Gasteiger partial charge on any atom is -0.326 e. The molecular formula is C23H26FN3O4S. The summed E-state index contributed by atoms with van der Waals surface area (Å²) in [4.78, 5) is 26.3. The normalized spacial score (nSPS) is 17.6. The fourth-order valence-corrected chi connectivity index (χ4v) is 5.87. The van der Waals surface area contributed by atoms with Gasteiger partial charge in [-0.05, 0) is 73.7 Å². The predicted molar refractivity (Wildman–Crippen MR) is 119 cm³/mol. The average molecular weight is 460 g/mol. The molecule has 0 aromatic heterocycles. The van der Waals surface area contributed by atoms with E-state index < -0.39 is 10.0 Å². The molecule has 2 aromatic rings. The Labute approximate surface area is 187 Å². The number of aryl methyl sites for hydroxylation is 1. The van der Waals surface area contributed by atoms with E-state index in [1.54, 1.807) is 23.1 Å². The van der Waals surface area contributed by atoms with Gasteiger partial charge in [-0.1, -0.05) is 0 Å². The SMILES string of the molecule is CC(=O)N1CCCc2cc(S(=O)(=O)N3CCC(C(=O)Nc4ccc(F)cc4)CC3)ccc21. The van der Waals surface area contributed by atoms with Gasteiger partial charge >= 0.3 is 0 Å². The van der Waals surface area contributed by atoms with Crippen LogP contribution < -0.4 is 10.2 Å². The van der Waals surface area contributed by atoms with Crippen molar-refractivity contribution < 1.29 is 22.4 Å². The van der Waals surface area contributed by atoms with Gasteiger partial charge in [-0.15, -0.1) is 0 Å². The maximum atomic E-state index is 13.2. The number of benzene rings is 2. The molecule has 0 atom stereocenters.